The molecule has 1 saturated heterocycles. The Bertz CT molecular complexity index is 1280. The van der Waals surface area contributed by atoms with Gasteiger partial charge in [0.15, 0.2) is 0 Å². The number of rotatable bonds is 5. The van der Waals surface area contributed by atoms with Crippen molar-refractivity contribution in [1.29, 1.82) is 0 Å². The Labute approximate surface area is 204 Å². The average Bonchev–Trinajstić information content (AvgIpc) is 3.67. The Hall–Kier alpha value is -3.49. The summed E-state index contributed by atoms with van der Waals surface area (Å²) >= 11 is 0. The Morgan fingerprint density at radius 3 is 2.51 bits per heavy atom. The van der Waals surface area contributed by atoms with Gasteiger partial charge in [-0.25, -0.2) is 9.97 Å². The third kappa shape index (κ3) is 3.92. The molecule has 6 rings (SSSR count). The molecule has 3 aromatic rings. The lowest BCUT2D eigenvalue weighted by Gasteiger charge is -2.26. The topological polar surface area (TPSA) is 96.2 Å². The molecule has 0 unspecified atom stereocenters. The summed E-state index contributed by atoms with van der Waals surface area (Å²) < 4.78 is 2.09. The first-order valence-corrected chi connectivity index (χ1v) is 12.6. The van der Waals surface area contributed by atoms with Crippen molar-refractivity contribution in [2.75, 3.05) is 26.0 Å². The van der Waals surface area contributed by atoms with Crippen LogP contribution in [0.3, 0.4) is 0 Å². The van der Waals surface area contributed by atoms with Crippen molar-refractivity contribution in [3.05, 3.63) is 41.9 Å². The fraction of sp³-hybridized carbons (Fsp3) is 0.500. The molecule has 0 radical (unpaired) electrons. The van der Waals surface area contributed by atoms with Crippen molar-refractivity contribution in [2.24, 2.45) is 5.92 Å². The number of pyridine rings is 1. The molecule has 35 heavy (non-hydrogen) atoms. The van der Waals surface area contributed by atoms with Crippen molar-refractivity contribution < 1.29 is 9.59 Å². The summed E-state index contributed by atoms with van der Waals surface area (Å²) in [5, 5.41) is 4.02. The standard InChI is InChI=1S/C26H31N7O2/c1-31(2)25(35)21-12-18-14-28-26(30-23(18)33(21)19-5-3-4-6-19)29-22-10-8-17(13-27-22)24(34)32-15-16-7-9-20(32)11-16/h8,10,12-14,16,19-20H,3-7,9,11,15H2,1-2H3,(H,27,28,29,30)/t16-,20+/m0/s1. The summed E-state index contributed by atoms with van der Waals surface area (Å²) in [6.45, 7) is 0.871. The van der Waals surface area contributed by atoms with Crippen LogP contribution in [-0.4, -0.2) is 67.8 Å². The molecule has 3 aliphatic rings. The summed E-state index contributed by atoms with van der Waals surface area (Å²) in [6, 6.07) is 6.16. The number of piperidine rings is 1. The quantitative estimate of drug-likeness (QED) is 0.602. The zero-order valence-electron chi connectivity index (χ0n) is 20.3. The minimum atomic E-state index is -0.0300. The fourth-order valence-electron chi connectivity index (χ4n) is 6.04. The van der Waals surface area contributed by atoms with Gasteiger partial charge in [-0.3, -0.25) is 9.59 Å². The molecular weight excluding hydrogens is 442 g/mol. The van der Waals surface area contributed by atoms with E-state index >= 15 is 0 Å². The highest BCUT2D eigenvalue weighted by Crippen LogP contribution is 2.38. The van der Waals surface area contributed by atoms with Crippen LogP contribution in [-0.2, 0) is 0 Å². The second kappa shape index (κ2) is 8.62. The molecule has 3 fully saturated rings. The number of aromatic nitrogens is 4. The number of anilines is 2. The van der Waals surface area contributed by atoms with Gasteiger partial charge in [0, 0.05) is 50.5 Å². The van der Waals surface area contributed by atoms with Crippen molar-refractivity contribution >= 4 is 34.6 Å². The highest BCUT2D eigenvalue weighted by atomic mass is 16.2. The maximum atomic E-state index is 12.9. The van der Waals surface area contributed by atoms with Gasteiger partial charge in [-0.15, -0.1) is 0 Å². The maximum absolute atomic E-state index is 12.9. The summed E-state index contributed by atoms with van der Waals surface area (Å²) in [6.07, 6.45) is 11.3. The normalized spacial score (nSPS) is 21.7. The molecule has 0 aromatic carbocycles. The predicted molar refractivity (Wildman–Crippen MR) is 133 cm³/mol. The van der Waals surface area contributed by atoms with Crippen LogP contribution in [0, 0.1) is 5.92 Å². The summed E-state index contributed by atoms with van der Waals surface area (Å²) in [7, 11) is 3.54. The lowest BCUT2D eigenvalue weighted by molar-refractivity contribution is 0.0703. The monoisotopic (exact) mass is 473 g/mol. The van der Waals surface area contributed by atoms with E-state index in [9.17, 15) is 9.59 Å². The van der Waals surface area contributed by atoms with E-state index in [-0.39, 0.29) is 17.9 Å². The first-order valence-electron chi connectivity index (χ1n) is 12.6. The number of hydrogen-bond acceptors (Lipinski definition) is 6. The number of hydrogen-bond donors (Lipinski definition) is 1. The SMILES string of the molecule is CN(C)C(=O)c1cc2cnc(Nc3ccc(C(=O)N4C[C@H]5CC[C@@H]4C5)cn3)nc2n1C1CCCC1. The average molecular weight is 474 g/mol. The van der Waals surface area contributed by atoms with Gasteiger partial charge in [0.1, 0.15) is 17.2 Å². The number of likely N-dealkylation sites (tertiary alicyclic amines) is 1. The molecule has 4 heterocycles. The lowest BCUT2D eigenvalue weighted by atomic mass is 10.1. The number of amides is 2. The number of fused-ring (bicyclic) bond motifs is 3. The van der Waals surface area contributed by atoms with E-state index < -0.39 is 0 Å². The molecule has 0 spiro atoms. The molecule has 1 N–H and O–H groups in total. The van der Waals surface area contributed by atoms with E-state index in [0.717, 1.165) is 56.1 Å². The zero-order valence-corrected chi connectivity index (χ0v) is 20.3. The van der Waals surface area contributed by atoms with Crippen LogP contribution >= 0.6 is 0 Å². The molecule has 3 aromatic heterocycles. The van der Waals surface area contributed by atoms with Gasteiger partial charge in [0.25, 0.3) is 11.8 Å². The van der Waals surface area contributed by atoms with Crippen LogP contribution < -0.4 is 5.32 Å². The van der Waals surface area contributed by atoms with E-state index in [0.29, 0.717) is 35.0 Å². The number of carbonyl (C=O) groups is 2. The van der Waals surface area contributed by atoms with E-state index in [1.165, 1.54) is 6.42 Å². The maximum Gasteiger partial charge on any atom is 0.270 e. The molecule has 9 nitrogen and oxygen atoms in total. The molecule has 182 valence electrons. The van der Waals surface area contributed by atoms with Crippen LogP contribution in [0.2, 0.25) is 0 Å². The van der Waals surface area contributed by atoms with Crippen LogP contribution in [0.15, 0.2) is 30.6 Å². The summed E-state index contributed by atoms with van der Waals surface area (Å²) in [5.74, 6) is 1.70. The van der Waals surface area contributed by atoms with E-state index in [4.69, 9.17) is 4.98 Å². The van der Waals surface area contributed by atoms with Gasteiger partial charge in [-0.05, 0) is 56.2 Å². The highest BCUT2D eigenvalue weighted by molar-refractivity contribution is 5.98. The van der Waals surface area contributed by atoms with Crippen molar-refractivity contribution in [1.82, 2.24) is 29.3 Å². The first kappa shape index (κ1) is 22.0. The van der Waals surface area contributed by atoms with Crippen LogP contribution in [0.1, 0.15) is 71.8 Å². The third-order valence-electron chi connectivity index (χ3n) is 7.81. The minimum absolute atomic E-state index is 0.0300. The largest absolute Gasteiger partial charge is 0.343 e. The molecule has 9 heteroatoms. The van der Waals surface area contributed by atoms with Gasteiger partial charge in [-0.1, -0.05) is 12.8 Å². The van der Waals surface area contributed by atoms with Gasteiger partial charge in [0.2, 0.25) is 5.95 Å². The lowest BCUT2D eigenvalue weighted by Crippen LogP contribution is -2.37. The van der Waals surface area contributed by atoms with Gasteiger partial charge >= 0.3 is 0 Å². The Balaban J connectivity index is 1.25. The molecule has 2 atom stereocenters. The van der Waals surface area contributed by atoms with Crippen LogP contribution in [0.4, 0.5) is 11.8 Å². The number of nitrogens with zero attached hydrogens (tertiary/aromatic N) is 6. The van der Waals surface area contributed by atoms with Crippen molar-refractivity contribution in [2.45, 2.75) is 57.0 Å². The minimum Gasteiger partial charge on any atom is -0.343 e. The van der Waals surface area contributed by atoms with E-state index in [1.807, 2.05) is 17.0 Å². The van der Waals surface area contributed by atoms with Crippen molar-refractivity contribution in [3.8, 4) is 0 Å². The van der Waals surface area contributed by atoms with Crippen LogP contribution in [0.5, 0.6) is 0 Å². The summed E-state index contributed by atoms with van der Waals surface area (Å²) in [5.41, 5.74) is 2.02. The van der Waals surface area contributed by atoms with Gasteiger partial charge in [0.05, 0.1) is 5.56 Å². The molecular formula is C26H31N7O2. The smallest absolute Gasteiger partial charge is 0.270 e. The zero-order chi connectivity index (χ0) is 24.1. The van der Waals surface area contributed by atoms with E-state index in [1.54, 1.807) is 37.5 Å². The number of nitrogens with one attached hydrogen (secondary N) is 1. The Morgan fingerprint density at radius 1 is 1.03 bits per heavy atom. The Kier molecular flexibility index (Phi) is 5.42. The molecule has 2 aliphatic carbocycles. The molecule has 2 saturated carbocycles. The Morgan fingerprint density at radius 2 is 1.86 bits per heavy atom. The molecule has 2 bridgehead atoms. The van der Waals surface area contributed by atoms with Gasteiger partial charge in [-0.2, -0.15) is 4.98 Å². The second-order valence-corrected chi connectivity index (χ2v) is 10.4. The van der Waals surface area contributed by atoms with Crippen molar-refractivity contribution in [3.63, 3.8) is 0 Å². The molecule has 1 aliphatic heterocycles. The predicted octanol–water partition coefficient (Wildman–Crippen LogP) is 4.01. The first-order chi connectivity index (χ1) is 17.0. The fourth-order valence-corrected chi connectivity index (χ4v) is 6.04. The van der Waals surface area contributed by atoms with E-state index in [2.05, 4.69) is 19.9 Å². The van der Waals surface area contributed by atoms with Gasteiger partial charge < -0.3 is 19.7 Å². The highest BCUT2D eigenvalue weighted by Gasteiger charge is 2.40. The third-order valence-corrected chi connectivity index (χ3v) is 7.81. The van der Waals surface area contributed by atoms with Crippen LogP contribution in [0.25, 0.3) is 11.0 Å². The second-order valence-electron chi connectivity index (χ2n) is 10.4. The number of carbonyl (C=O) groups excluding carboxylic acids is 2. The summed E-state index contributed by atoms with van der Waals surface area (Å²) in [4.78, 5) is 43.1. The molecule has 2 amide bonds.